The van der Waals surface area contributed by atoms with E-state index in [0.29, 0.717) is 10.7 Å². The lowest BCUT2D eigenvalue weighted by molar-refractivity contribution is 0.131. The summed E-state index contributed by atoms with van der Waals surface area (Å²) in [6, 6.07) is 2.77. The van der Waals surface area contributed by atoms with Crippen LogP contribution in [0, 0.1) is 0 Å². The quantitative estimate of drug-likeness (QED) is 0.618. The van der Waals surface area contributed by atoms with E-state index >= 15 is 0 Å². The topological polar surface area (TPSA) is 90.8 Å². The zero-order valence-electron chi connectivity index (χ0n) is 9.16. The highest BCUT2D eigenvalue weighted by Crippen LogP contribution is 2.33. The standard InChI is InChI=1S/C10H13ClN2O4/c1-12-7-5-9(15)8(4-6(7)11)13-10(16)17-3-2-14/h4-5,12,14-15H,2-3H2,1H3,(H,13,16). The van der Waals surface area contributed by atoms with Gasteiger partial charge in [-0.3, -0.25) is 5.32 Å². The highest BCUT2D eigenvalue weighted by molar-refractivity contribution is 6.33. The minimum Gasteiger partial charge on any atom is -0.506 e. The van der Waals surface area contributed by atoms with E-state index in [1.165, 1.54) is 12.1 Å². The Kier molecular flexibility index (Phi) is 4.86. The Morgan fingerprint density at radius 3 is 2.76 bits per heavy atom. The minimum atomic E-state index is -0.775. The monoisotopic (exact) mass is 260 g/mol. The molecule has 0 saturated heterocycles. The van der Waals surface area contributed by atoms with Crippen molar-refractivity contribution >= 4 is 29.1 Å². The smallest absolute Gasteiger partial charge is 0.411 e. The van der Waals surface area contributed by atoms with Crippen molar-refractivity contribution in [1.82, 2.24) is 0 Å². The van der Waals surface area contributed by atoms with Crippen molar-refractivity contribution in [2.24, 2.45) is 0 Å². The molecular weight excluding hydrogens is 248 g/mol. The van der Waals surface area contributed by atoms with Gasteiger partial charge in [-0.2, -0.15) is 0 Å². The molecule has 0 aromatic heterocycles. The van der Waals surface area contributed by atoms with E-state index in [1.807, 2.05) is 0 Å². The zero-order chi connectivity index (χ0) is 12.8. The molecule has 0 heterocycles. The molecule has 0 spiro atoms. The van der Waals surface area contributed by atoms with Crippen molar-refractivity contribution in [2.45, 2.75) is 0 Å². The van der Waals surface area contributed by atoms with Gasteiger partial charge in [0, 0.05) is 13.1 Å². The molecule has 0 aliphatic carbocycles. The predicted molar refractivity (Wildman–Crippen MR) is 64.7 cm³/mol. The van der Waals surface area contributed by atoms with Crippen molar-refractivity contribution < 1.29 is 19.7 Å². The summed E-state index contributed by atoms with van der Waals surface area (Å²) in [5, 5.41) is 23.5. The number of aliphatic hydroxyl groups is 1. The molecule has 1 rings (SSSR count). The molecule has 6 nitrogen and oxygen atoms in total. The summed E-state index contributed by atoms with van der Waals surface area (Å²) in [7, 11) is 1.66. The number of rotatable bonds is 4. The van der Waals surface area contributed by atoms with Crippen LogP contribution in [0.1, 0.15) is 0 Å². The number of carbonyl (C=O) groups is 1. The molecule has 1 aromatic carbocycles. The molecule has 1 amide bonds. The molecule has 4 N–H and O–H groups in total. The molecule has 0 saturated carbocycles. The lowest BCUT2D eigenvalue weighted by atomic mass is 10.2. The second kappa shape index (κ2) is 6.17. The van der Waals surface area contributed by atoms with Gasteiger partial charge in [0.15, 0.2) is 0 Å². The summed E-state index contributed by atoms with van der Waals surface area (Å²) < 4.78 is 4.58. The van der Waals surface area contributed by atoms with Crippen LogP contribution in [-0.2, 0) is 4.74 Å². The van der Waals surface area contributed by atoms with Gasteiger partial charge in [-0.25, -0.2) is 4.79 Å². The van der Waals surface area contributed by atoms with E-state index in [1.54, 1.807) is 7.05 Å². The Morgan fingerprint density at radius 2 is 2.18 bits per heavy atom. The number of aromatic hydroxyl groups is 1. The van der Waals surface area contributed by atoms with Crippen LogP contribution in [0.15, 0.2) is 12.1 Å². The van der Waals surface area contributed by atoms with Gasteiger partial charge < -0.3 is 20.3 Å². The van der Waals surface area contributed by atoms with E-state index in [2.05, 4.69) is 15.4 Å². The Morgan fingerprint density at radius 1 is 1.47 bits per heavy atom. The van der Waals surface area contributed by atoms with Gasteiger partial charge in [0.1, 0.15) is 12.4 Å². The Labute approximate surface area is 103 Å². The number of anilines is 2. The summed E-state index contributed by atoms with van der Waals surface area (Å²) in [5.74, 6) is -0.139. The van der Waals surface area contributed by atoms with Crippen molar-refractivity contribution in [3.63, 3.8) is 0 Å². The Balaban J connectivity index is 2.78. The van der Waals surface area contributed by atoms with Gasteiger partial charge in [0.05, 0.1) is 23.0 Å². The molecule has 94 valence electrons. The van der Waals surface area contributed by atoms with E-state index in [9.17, 15) is 9.90 Å². The zero-order valence-corrected chi connectivity index (χ0v) is 9.91. The molecule has 0 aliphatic heterocycles. The predicted octanol–water partition coefficient (Wildman–Crippen LogP) is 1.63. The van der Waals surface area contributed by atoms with Crippen molar-refractivity contribution in [3.05, 3.63) is 17.2 Å². The van der Waals surface area contributed by atoms with Gasteiger partial charge >= 0.3 is 6.09 Å². The third-order valence-corrected chi connectivity index (χ3v) is 2.23. The normalized spacial score (nSPS) is 9.82. The number of phenolic OH excluding ortho intramolecular Hbond substituents is 1. The highest BCUT2D eigenvalue weighted by Gasteiger charge is 2.10. The van der Waals surface area contributed by atoms with E-state index in [4.69, 9.17) is 16.7 Å². The van der Waals surface area contributed by atoms with Crippen molar-refractivity contribution in [3.8, 4) is 5.75 Å². The molecule has 0 unspecified atom stereocenters. The second-order valence-corrected chi connectivity index (χ2v) is 3.49. The van der Waals surface area contributed by atoms with Crippen LogP contribution in [0.4, 0.5) is 16.2 Å². The van der Waals surface area contributed by atoms with Crippen LogP contribution in [0.25, 0.3) is 0 Å². The maximum absolute atomic E-state index is 11.2. The number of aliphatic hydroxyl groups excluding tert-OH is 1. The van der Waals surface area contributed by atoms with E-state index in [-0.39, 0.29) is 24.7 Å². The average molecular weight is 261 g/mol. The number of halogens is 1. The lowest BCUT2D eigenvalue weighted by Crippen LogP contribution is -2.15. The fourth-order valence-electron chi connectivity index (χ4n) is 1.14. The Bertz CT molecular complexity index is 412. The van der Waals surface area contributed by atoms with Crippen LogP contribution >= 0.6 is 11.6 Å². The van der Waals surface area contributed by atoms with Crippen LogP contribution in [-0.4, -0.2) is 36.6 Å². The fourth-order valence-corrected chi connectivity index (χ4v) is 1.40. The molecule has 17 heavy (non-hydrogen) atoms. The van der Waals surface area contributed by atoms with Crippen LogP contribution < -0.4 is 10.6 Å². The van der Waals surface area contributed by atoms with Crippen LogP contribution in [0.2, 0.25) is 5.02 Å². The number of amides is 1. The molecule has 0 fully saturated rings. The molecule has 0 atom stereocenters. The van der Waals surface area contributed by atoms with Gasteiger partial charge in [-0.1, -0.05) is 11.6 Å². The highest BCUT2D eigenvalue weighted by atomic mass is 35.5. The molecular formula is C10H13ClN2O4. The number of phenols is 1. The van der Waals surface area contributed by atoms with Crippen molar-refractivity contribution in [2.75, 3.05) is 30.9 Å². The van der Waals surface area contributed by atoms with E-state index in [0.717, 1.165) is 0 Å². The SMILES string of the molecule is CNc1cc(O)c(NC(=O)OCCO)cc1Cl. The summed E-state index contributed by atoms with van der Waals surface area (Å²) in [6.07, 6.45) is -0.775. The van der Waals surface area contributed by atoms with Crippen LogP contribution in [0.3, 0.4) is 0 Å². The number of carbonyl (C=O) groups excluding carboxylic acids is 1. The number of benzene rings is 1. The summed E-state index contributed by atoms with van der Waals surface area (Å²) in [6.45, 7) is -0.381. The lowest BCUT2D eigenvalue weighted by Gasteiger charge is -2.10. The number of ether oxygens (including phenoxy) is 1. The number of hydrogen-bond donors (Lipinski definition) is 4. The number of hydrogen-bond acceptors (Lipinski definition) is 5. The summed E-state index contributed by atoms with van der Waals surface area (Å²) >= 11 is 5.88. The first-order valence-corrected chi connectivity index (χ1v) is 5.21. The van der Waals surface area contributed by atoms with E-state index < -0.39 is 6.09 Å². The average Bonchev–Trinajstić information content (AvgIpc) is 2.30. The molecule has 7 heteroatoms. The van der Waals surface area contributed by atoms with Crippen molar-refractivity contribution in [1.29, 1.82) is 0 Å². The fraction of sp³-hybridized carbons (Fsp3) is 0.300. The van der Waals surface area contributed by atoms with Gasteiger partial charge in [0.2, 0.25) is 0 Å². The molecule has 0 radical (unpaired) electrons. The summed E-state index contributed by atoms with van der Waals surface area (Å²) in [4.78, 5) is 11.2. The number of nitrogens with one attached hydrogen (secondary N) is 2. The first-order valence-electron chi connectivity index (χ1n) is 4.83. The first kappa shape index (κ1) is 13.4. The third kappa shape index (κ3) is 3.69. The summed E-state index contributed by atoms with van der Waals surface area (Å²) in [5.41, 5.74) is 0.676. The maximum Gasteiger partial charge on any atom is 0.411 e. The van der Waals surface area contributed by atoms with Gasteiger partial charge in [-0.05, 0) is 6.07 Å². The van der Waals surface area contributed by atoms with Gasteiger partial charge in [-0.15, -0.1) is 0 Å². The maximum atomic E-state index is 11.2. The second-order valence-electron chi connectivity index (χ2n) is 3.08. The van der Waals surface area contributed by atoms with Crippen LogP contribution in [0.5, 0.6) is 5.75 Å². The molecule has 1 aromatic rings. The first-order chi connectivity index (χ1) is 8.08. The molecule has 0 bridgehead atoms. The van der Waals surface area contributed by atoms with Gasteiger partial charge in [0.25, 0.3) is 0 Å². The minimum absolute atomic E-state index is 0.116. The largest absolute Gasteiger partial charge is 0.506 e. The third-order valence-electron chi connectivity index (χ3n) is 1.92. The Hall–Kier alpha value is -1.66. The molecule has 0 aliphatic rings.